The zero-order valence-corrected chi connectivity index (χ0v) is 11.4. The molecular formula is C13H17N3OS. The number of thiazole rings is 1. The largest absolute Gasteiger partial charge is 0.324 e. The van der Waals surface area contributed by atoms with Gasteiger partial charge in [-0.1, -0.05) is 13.3 Å². The lowest BCUT2D eigenvalue weighted by Crippen LogP contribution is -2.48. The van der Waals surface area contributed by atoms with E-state index in [1.54, 1.807) is 23.8 Å². The summed E-state index contributed by atoms with van der Waals surface area (Å²) in [5, 5.41) is 2.85. The second-order valence-electron chi connectivity index (χ2n) is 4.66. The minimum atomic E-state index is -0.828. The quantitative estimate of drug-likeness (QED) is 0.891. The molecule has 0 aliphatic carbocycles. The minimum absolute atomic E-state index is 0.154. The van der Waals surface area contributed by atoms with E-state index in [9.17, 15) is 4.79 Å². The van der Waals surface area contributed by atoms with Crippen LogP contribution in [0.4, 0.5) is 5.69 Å². The first kappa shape index (κ1) is 13.0. The predicted molar refractivity (Wildman–Crippen MR) is 75.8 cm³/mol. The number of nitrogens with zero attached hydrogens (tertiary/aromatic N) is 1. The first-order chi connectivity index (χ1) is 8.53. The second-order valence-corrected chi connectivity index (χ2v) is 5.54. The van der Waals surface area contributed by atoms with Gasteiger partial charge in [0.25, 0.3) is 0 Å². The van der Waals surface area contributed by atoms with Crippen LogP contribution in [-0.4, -0.2) is 16.4 Å². The van der Waals surface area contributed by atoms with Crippen molar-refractivity contribution in [3.63, 3.8) is 0 Å². The van der Waals surface area contributed by atoms with E-state index in [0.29, 0.717) is 6.42 Å². The Balaban J connectivity index is 2.15. The van der Waals surface area contributed by atoms with Crippen LogP contribution in [0.5, 0.6) is 0 Å². The van der Waals surface area contributed by atoms with E-state index in [1.807, 2.05) is 25.1 Å². The molecule has 0 saturated carbocycles. The standard InChI is InChI=1S/C13H17N3OS/c1-3-6-13(2,14)12(17)16-9-4-5-11-10(7-9)15-8-18-11/h4-5,7-8H,3,6,14H2,1-2H3,(H,16,17). The van der Waals surface area contributed by atoms with Crippen LogP contribution < -0.4 is 11.1 Å². The summed E-state index contributed by atoms with van der Waals surface area (Å²) in [6.07, 6.45) is 1.54. The summed E-state index contributed by atoms with van der Waals surface area (Å²) < 4.78 is 1.11. The van der Waals surface area contributed by atoms with Crippen LogP contribution in [0.15, 0.2) is 23.7 Å². The van der Waals surface area contributed by atoms with Gasteiger partial charge in [0, 0.05) is 5.69 Å². The summed E-state index contributed by atoms with van der Waals surface area (Å²) in [6.45, 7) is 3.77. The van der Waals surface area contributed by atoms with E-state index in [0.717, 1.165) is 22.3 Å². The van der Waals surface area contributed by atoms with E-state index >= 15 is 0 Å². The molecule has 0 saturated heterocycles. The maximum absolute atomic E-state index is 12.0. The Kier molecular flexibility index (Phi) is 3.63. The van der Waals surface area contributed by atoms with Crippen LogP contribution in [0.3, 0.4) is 0 Å². The Labute approximate surface area is 110 Å². The maximum atomic E-state index is 12.0. The fraction of sp³-hybridized carbons (Fsp3) is 0.385. The summed E-state index contributed by atoms with van der Waals surface area (Å²) in [4.78, 5) is 16.3. The van der Waals surface area contributed by atoms with E-state index in [2.05, 4.69) is 10.3 Å². The minimum Gasteiger partial charge on any atom is -0.324 e. The van der Waals surface area contributed by atoms with Crippen LogP contribution in [0.1, 0.15) is 26.7 Å². The number of amides is 1. The second kappa shape index (κ2) is 5.04. The number of fused-ring (bicyclic) bond motifs is 1. The molecule has 0 spiro atoms. The SMILES string of the molecule is CCCC(C)(N)C(=O)Nc1ccc2scnc2c1. The normalized spacial score (nSPS) is 14.4. The van der Waals surface area contributed by atoms with Crippen molar-refractivity contribution in [1.82, 2.24) is 4.98 Å². The van der Waals surface area contributed by atoms with Gasteiger partial charge in [0.2, 0.25) is 5.91 Å². The van der Waals surface area contributed by atoms with Crippen LogP contribution >= 0.6 is 11.3 Å². The zero-order valence-electron chi connectivity index (χ0n) is 10.6. The van der Waals surface area contributed by atoms with Gasteiger partial charge >= 0.3 is 0 Å². The molecule has 2 rings (SSSR count). The van der Waals surface area contributed by atoms with E-state index in [-0.39, 0.29) is 5.91 Å². The number of anilines is 1. The van der Waals surface area contributed by atoms with E-state index < -0.39 is 5.54 Å². The highest BCUT2D eigenvalue weighted by Gasteiger charge is 2.27. The van der Waals surface area contributed by atoms with Gasteiger partial charge in [-0.15, -0.1) is 11.3 Å². The van der Waals surface area contributed by atoms with Crippen LogP contribution in [0, 0.1) is 0 Å². The van der Waals surface area contributed by atoms with Crippen LogP contribution in [0.25, 0.3) is 10.2 Å². The average molecular weight is 263 g/mol. The van der Waals surface area contributed by atoms with Crippen LogP contribution in [-0.2, 0) is 4.79 Å². The van der Waals surface area contributed by atoms with Gasteiger partial charge in [-0.2, -0.15) is 0 Å². The Bertz CT molecular complexity index is 562. The number of benzene rings is 1. The molecule has 4 nitrogen and oxygen atoms in total. The van der Waals surface area contributed by atoms with Gasteiger partial charge in [-0.05, 0) is 31.5 Å². The van der Waals surface area contributed by atoms with Gasteiger partial charge < -0.3 is 11.1 Å². The lowest BCUT2D eigenvalue weighted by atomic mass is 9.96. The lowest BCUT2D eigenvalue weighted by Gasteiger charge is -2.22. The van der Waals surface area contributed by atoms with E-state index in [1.165, 1.54) is 0 Å². The Morgan fingerprint density at radius 3 is 3.06 bits per heavy atom. The molecule has 2 aromatic rings. The van der Waals surface area contributed by atoms with Crippen LogP contribution in [0.2, 0.25) is 0 Å². The number of carbonyl (C=O) groups excluding carboxylic acids is 1. The number of aromatic nitrogens is 1. The summed E-state index contributed by atoms with van der Waals surface area (Å²) in [6, 6.07) is 5.70. The fourth-order valence-electron chi connectivity index (χ4n) is 1.84. The van der Waals surface area contributed by atoms with E-state index in [4.69, 9.17) is 5.73 Å². The molecule has 3 N–H and O–H groups in total. The average Bonchev–Trinajstić information content (AvgIpc) is 2.76. The smallest absolute Gasteiger partial charge is 0.244 e. The highest BCUT2D eigenvalue weighted by Crippen LogP contribution is 2.22. The number of rotatable bonds is 4. The molecule has 1 aromatic carbocycles. The van der Waals surface area contributed by atoms with Crippen molar-refractivity contribution in [2.24, 2.45) is 5.73 Å². The monoisotopic (exact) mass is 263 g/mol. The molecule has 1 amide bonds. The van der Waals surface area contributed by atoms with Crippen molar-refractivity contribution in [2.45, 2.75) is 32.2 Å². The zero-order chi connectivity index (χ0) is 13.2. The van der Waals surface area contributed by atoms with Gasteiger partial charge in [-0.25, -0.2) is 4.98 Å². The third kappa shape index (κ3) is 2.68. The number of nitrogens with two attached hydrogens (primary N) is 1. The molecule has 18 heavy (non-hydrogen) atoms. The molecule has 0 bridgehead atoms. The number of carbonyl (C=O) groups is 1. The molecular weight excluding hydrogens is 246 g/mol. The van der Waals surface area contributed by atoms with Crippen molar-refractivity contribution in [3.05, 3.63) is 23.7 Å². The van der Waals surface area contributed by atoms with Crippen molar-refractivity contribution in [3.8, 4) is 0 Å². The van der Waals surface area contributed by atoms with Crippen molar-refractivity contribution in [1.29, 1.82) is 0 Å². The molecule has 1 atom stereocenters. The van der Waals surface area contributed by atoms with Gasteiger partial charge in [0.05, 0.1) is 21.3 Å². The van der Waals surface area contributed by atoms with Crippen molar-refractivity contribution >= 4 is 33.1 Å². The third-order valence-electron chi connectivity index (χ3n) is 2.88. The Morgan fingerprint density at radius 2 is 2.33 bits per heavy atom. The highest BCUT2D eigenvalue weighted by molar-refractivity contribution is 7.16. The summed E-state index contributed by atoms with van der Waals surface area (Å²) in [5.41, 5.74) is 8.59. The first-order valence-electron chi connectivity index (χ1n) is 5.96. The number of nitrogens with one attached hydrogen (secondary N) is 1. The highest BCUT2D eigenvalue weighted by atomic mass is 32.1. The first-order valence-corrected chi connectivity index (χ1v) is 6.84. The topological polar surface area (TPSA) is 68.0 Å². The molecule has 96 valence electrons. The molecule has 5 heteroatoms. The lowest BCUT2D eigenvalue weighted by molar-refractivity contribution is -0.120. The van der Waals surface area contributed by atoms with Crippen molar-refractivity contribution in [2.75, 3.05) is 5.32 Å². The molecule has 0 aliphatic rings. The summed E-state index contributed by atoms with van der Waals surface area (Å²) >= 11 is 1.58. The number of hydrogen-bond donors (Lipinski definition) is 2. The molecule has 0 fully saturated rings. The summed E-state index contributed by atoms with van der Waals surface area (Å²) in [7, 11) is 0. The van der Waals surface area contributed by atoms with Gasteiger partial charge in [0.15, 0.2) is 0 Å². The molecule has 1 heterocycles. The molecule has 0 radical (unpaired) electrons. The Hall–Kier alpha value is -1.46. The molecule has 1 unspecified atom stereocenters. The maximum Gasteiger partial charge on any atom is 0.244 e. The summed E-state index contributed by atoms with van der Waals surface area (Å²) in [5.74, 6) is -0.154. The number of hydrogen-bond acceptors (Lipinski definition) is 4. The predicted octanol–water partition coefficient (Wildman–Crippen LogP) is 2.75. The third-order valence-corrected chi connectivity index (χ3v) is 3.69. The van der Waals surface area contributed by atoms with Gasteiger partial charge in [-0.3, -0.25) is 4.79 Å². The fourth-order valence-corrected chi connectivity index (χ4v) is 2.50. The molecule has 1 aromatic heterocycles. The van der Waals surface area contributed by atoms with Crippen molar-refractivity contribution < 1.29 is 4.79 Å². The molecule has 0 aliphatic heterocycles. The Morgan fingerprint density at radius 1 is 1.56 bits per heavy atom. The van der Waals surface area contributed by atoms with Gasteiger partial charge in [0.1, 0.15) is 0 Å².